The highest BCUT2D eigenvalue weighted by Crippen LogP contribution is 2.29. The summed E-state index contributed by atoms with van der Waals surface area (Å²) in [4.78, 5) is 4.72. The van der Waals surface area contributed by atoms with E-state index in [9.17, 15) is 0 Å². The van der Waals surface area contributed by atoms with Gasteiger partial charge in [-0.15, -0.1) is 0 Å². The minimum Gasteiger partial charge on any atom is -0.389 e. The lowest BCUT2D eigenvalue weighted by Crippen LogP contribution is -2.10. The Balaban J connectivity index is 2.32. The quantitative estimate of drug-likeness (QED) is 0.837. The van der Waals surface area contributed by atoms with Gasteiger partial charge in [-0.25, -0.2) is 4.98 Å². The molecule has 1 heterocycles. The molecule has 0 saturated heterocycles. The molecule has 0 fully saturated rings. The molecule has 0 spiro atoms. The van der Waals surface area contributed by atoms with Crippen LogP contribution in [0.15, 0.2) is 36.5 Å². The third kappa shape index (κ3) is 3.14. The Hall–Kier alpha value is -1.94. The molecule has 2 rings (SSSR count). The van der Waals surface area contributed by atoms with Crippen molar-refractivity contribution in [1.82, 2.24) is 4.98 Å². The van der Waals surface area contributed by atoms with E-state index < -0.39 is 0 Å². The van der Waals surface area contributed by atoms with Crippen molar-refractivity contribution in [3.8, 4) is 0 Å². The Morgan fingerprint density at radius 3 is 2.55 bits per heavy atom. The molecule has 104 valence electrons. The number of aryl methyl sites for hydroxylation is 1. The number of nitrogens with two attached hydrogens (primary N) is 1. The first-order chi connectivity index (χ1) is 9.49. The van der Waals surface area contributed by atoms with E-state index in [-0.39, 0.29) is 0 Å². The number of anilines is 2. The maximum absolute atomic E-state index is 5.58. The van der Waals surface area contributed by atoms with E-state index in [0.717, 1.165) is 17.1 Å². The van der Waals surface area contributed by atoms with Crippen LogP contribution in [0.5, 0.6) is 0 Å². The molecular weight excluding hydrogens is 266 g/mol. The van der Waals surface area contributed by atoms with Crippen molar-refractivity contribution in [3.05, 3.63) is 53.2 Å². The fourth-order valence-electron chi connectivity index (χ4n) is 2.08. The molecule has 3 N–H and O–H groups in total. The number of rotatable bonds is 4. The maximum Gasteiger partial charge on any atom is 0.130 e. The van der Waals surface area contributed by atoms with E-state index in [0.29, 0.717) is 10.9 Å². The van der Waals surface area contributed by atoms with Crippen LogP contribution < -0.4 is 11.1 Å². The lowest BCUT2D eigenvalue weighted by Gasteiger charge is -2.17. The van der Waals surface area contributed by atoms with Gasteiger partial charge < -0.3 is 11.1 Å². The number of benzene rings is 1. The molecule has 0 aliphatic carbocycles. The zero-order valence-electron chi connectivity index (χ0n) is 12.0. The number of hydrogen-bond donors (Lipinski definition) is 2. The van der Waals surface area contributed by atoms with Crippen LogP contribution in [0, 0.1) is 6.92 Å². The molecule has 4 heteroatoms. The van der Waals surface area contributed by atoms with Gasteiger partial charge in [-0.2, -0.15) is 0 Å². The van der Waals surface area contributed by atoms with E-state index in [2.05, 4.69) is 49.3 Å². The lowest BCUT2D eigenvalue weighted by molar-refractivity contribution is 0.867. The van der Waals surface area contributed by atoms with Gasteiger partial charge in [0.05, 0.1) is 0 Å². The normalized spacial score (nSPS) is 10.6. The molecule has 0 bridgehead atoms. The fourth-order valence-corrected chi connectivity index (χ4v) is 2.20. The molecule has 0 aliphatic rings. The van der Waals surface area contributed by atoms with Gasteiger partial charge in [0.2, 0.25) is 0 Å². The van der Waals surface area contributed by atoms with E-state index >= 15 is 0 Å². The fraction of sp³-hybridized carbons (Fsp3) is 0.250. The third-order valence-electron chi connectivity index (χ3n) is 3.23. The number of hydrogen-bond acceptors (Lipinski definition) is 3. The standard InChI is InChI=1S/C16H19N3S/c1-10(2)13-6-4-5-11(3)15(13)19-14-8-7-12(9-18-14)16(17)20/h4-10H,1-3H3,(H2,17,20)(H,18,19). The highest BCUT2D eigenvalue weighted by molar-refractivity contribution is 7.80. The number of thiocarbonyl (C=S) groups is 1. The number of para-hydroxylation sites is 1. The average molecular weight is 285 g/mol. The number of pyridine rings is 1. The molecule has 0 amide bonds. The summed E-state index contributed by atoms with van der Waals surface area (Å²) >= 11 is 4.93. The second kappa shape index (κ2) is 6.01. The van der Waals surface area contributed by atoms with Gasteiger partial charge in [0.15, 0.2) is 0 Å². The minimum atomic E-state index is 0.364. The smallest absolute Gasteiger partial charge is 0.130 e. The zero-order valence-corrected chi connectivity index (χ0v) is 12.8. The molecule has 0 saturated carbocycles. The van der Waals surface area contributed by atoms with Crippen LogP contribution in [0.3, 0.4) is 0 Å². The summed E-state index contributed by atoms with van der Waals surface area (Å²) in [7, 11) is 0. The van der Waals surface area contributed by atoms with Gasteiger partial charge in [-0.3, -0.25) is 0 Å². The third-order valence-corrected chi connectivity index (χ3v) is 3.46. The van der Waals surface area contributed by atoms with Crippen LogP contribution in [-0.4, -0.2) is 9.97 Å². The number of nitrogens with one attached hydrogen (secondary N) is 1. The topological polar surface area (TPSA) is 50.9 Å². The first-order valence-corrected chi connectivity index (χ1v) is 7.02. The molecule has 3 nitrogen and oxygen atoms in total. The Bertz CT molecular complexity index is 618. The summed E-state index contributed by atoms with van der Waals surface area (Å²) in [6, 6.07) is 10.1. The highest BCUT2D eigenvalue weighted by Gasteiger charge is 2.09. The molecule has 2 aromatic rings. The van der Waals surface area contributed by atoms with Gasteiger partial charge in [0.1, 0.15) is 10.8 Å². The Kier molecular flexibility index (Phi) is 4.35. The van der Waals surface area contributed by atoms with Crippen molar-refractivity contribution in [1.29, 1.82) is 0 Å². The molecule has 0 atom stereocenters. The molecule has 1 aromatic carbocycles. The van der Waals surface area contributed by atoms with Crippen molar-refractivity contribution in [2.45, 2.75) is 26.7 Å². The van der Waals surface area contributed by atoms with Crippen LogP contribution in [0.1, 0.15) is 36.5 Å². The Morgan fingerprint density at radius 1 is 1.25 bits per heavy atom. The van der Waals surface area contributed by atoms with Gasteiger partial charge >= 0.3 is 0 Å². The SMILES string of the molecule is Cc1cccc(C(C)C)c1Nc1ccc(C(N)=S)cn1. The Labute approximate surface area is 125 Å². The van der Waals surface area contributed by atoms with E-state index in [1.165, 1.54) is 11.1 Å². The average Bonchev–Trinajstić information content (AvgIpc) is 2.41. The summed E-state index contributed by atoms with van der Waals surface area (Å²) in [5.41, 5.74) is 9.96. The van der Waals surface area contributed by atoms with Gasteiger partial charge in [0, 0.05) is 17.4 Å². The van der Waals surface area contributed by atoms with Crippen LogP contribution in [0.25, 0.3) is 0 Å². The van der Waals surface area contributed by atoms with Gasteiger partial charge in [-0.05, 0) is 36.1 Å². The first-order valence-electron chi connectivity index (χ1n) is 6.61. The number of aromatic nitrogens is 1. The molecular formula is C16H19N3S. The summed E-state index contributed by atoms with van der Waals surface area (Å²) in [6.07, 6.45) is 1.69. The summed E-state index contributed by atoms with van der Waals surface area (Å²) in [6.45, 7) is 6.46. The molecule has 0 aliphatic heterocycles. The van der Waals surface area contributed by atoms with Crippen LogP contribution in [0.2, 0.25) is 0 Å². The molecule has 0 unspecified atom stereocenters. The van der Waals surface area contributed by atoms with Crippen molar-refractivity contribution in [2.75, 3.05) is 5.32 Å². The molecule has 20 heavy (non-hydrogen) atoms. The second-order valence-electron chi connectivity index (χ2n) is 5.12. The second-order valence-corrected chi connectivity index (χ2v) is 5.56. The zero-order chi connectivity index (χ0) is 14.7. The van der Waals surface area contributed by atoms with Crippen LogP contribution in [0.4, 0.5) is 11.5 Å². The summed E-state index contributed by atoms with van der Waals surface area (Å²) in [5.74, 6) is 1.24. The first kappa shape index (κ1) is 14.5. The van der Waals surface area contributed by atoms with Gasteiger partial charge in [0.25, 0.3) is 0 Å². The highest BCUT2D eigenvalue weighted by atomic mass is 32.1. The monoisotopic (exact) mass is 285 g/mol. The van der Waals surface area contributed by atoms with Crippen molar-refractivity contribution in [2.24, 2.45) is 5.73 Å². The maximum atomic E-state index is 5.58. The van der Waals surface area contributed by atoms with E-state index in [4.69, 9.17) is 18.0 Å². The minimum absolute atomic E-state index is 0.364. The van der Waals surface area contributed by atoms with Crippen molar-refractivity contribution >= 4 is 28.7 Å². The summed E-state index contributed by atoms with van der Waals surface area (Å²) < 4.78 is 0. The largest absolute Gasteiger partial charge is 0.389 e. The molecule has 0 radical (unpaired) electrons. The predicted octanol–water partition coefficient (Wildman–Crippen LogP) is 3.89. The lowest BCUT2D eigenvalue weighted by atomic mass is 9.98. The molecule has 1 aromatic heterocycles. The van der Waals surface area contributed by atoms with Crippen molar-refractivity contribution in [3.63, 3.8) is 0 Å². The van der Waals surface area contributed by atoms with E-state index in [1.54, 1.807) is 6.20 Å². The van der Waals surface area contributed by atoms with E-state index in [1.807, 2.05) is 12.1 Å². The van der Waals surface area contributed by atoms with Gasteiger partial charge in [-0.1, -0.05) is 44.3 Å². The Morgan fingerprint density at radius 2 is 2.00 bits per heavy atom. The van der Waals surface area contributed by atoms with Crippen molar-refractivity contribution < 1.29 is 0 Å². The van der Waals surface area contributed by atoms with Crippen LogP contribution in [-0.2, 0) is 0 Å². The van der Waals surface area contributed by atoms with Crippen LogP contribution >= 0.6 is 12.2 Å². The predicted molar refractivity (Wildman–Crippen MR) is 88.7 cm³/mol. The summed E-state index contributed by atoms with van der Waals surface area (Å²) in [5, 5.41) is 3.39. The number of nitrogens with zero attached hydrogens (tertiary/aromatic N) is 1.